The molecule has 0 spiro atoms. The van der Waals surface area contributed by atoms with E-state index in [1.165, 1.54) is 0 Å². The number of nitrogens with one attached hydrogen (secondary N) is 1. The normalized spacial score (nSPS) is 14.8. The highest BCUT2D eigenvalue weighted by Crippen LogP contribution is 1.85. The summed E-state index contributed by atoms with van der Waals surface area (Å²) in [6.45, 7) is 4.18. The molecule has 74 valence electrons. The highest BCUT2D eigenvalue weighted by molar-refractivity contribution is 7.84. The highest BCUT2D eigenvalue weighted by atomic mass is 32.2. The molecule has 0 bridgehead atoms. The summed E-state index contributed by atoms with van der Waals surface area (Å²) in [6, 6.07) is 0. The van der Waals surface area contributed by atoms with E-state index in [1.54, 1.807) is 25.3 Å². The molecule has 0 saturated heterocycles. The Balaban J connectivity index is 3.88. The van der Waals surface area contributed by atoms with Crippen molar-refractivity contribution in [1.82, 2.24) is 0 Å². The van der Waals surface area contributed by atoms with Crippen LogP contribution < -0.4 is 0 Å². The van der Waals surface area contributed by atoms with Gasteiger partial charge in [-0.15, -0.1) is 0 Å². The van der Waals surface area contributed by atoms with Gasteiger partial charge in [-0.05, 0) is 26.0 Å². The maximum Gasteiger partial charge on any atom is 0.0507 e. The van der Waals surface area contributed by atoms with E-state index >= 15 is 0 Å². The molecular formula is C9H16N2OS. The molecule has 0 saturated carbocycles. The minimum atomic E-state index is -0.768. The van der Waals surface area contributed by atoms with E-state index in [4.69, 9.17) is 5.41 Å². The number of allylic oxidation sites excluding steroid dienone is 2. The first kappa shape index (κ1) is 12.2. The largest absolute Gasteiger partial charge is 0.306 e. The summed E-state index contributed by atoms with van der Waals surface area (Å²) >= 11 is 0. The molecule has 0 aromatic carbocycles. The van der Waals surface area contributed by atoms with Crippen molar-refractivity contribution >= 4 is 22.2 Å². The Kier molecular flexibility index (Phi) is 6.32. The number of hydrogen-bond acceptors (Lipinski definition) is 3. The van der Waals surface area contributed by atoms with Gasteiger partial charge in [0.2, 0.25) is 0 Å². The smallest absolute Gasteiger partial charge is 0.0507 e. The lowest BCUT2D eigenvalue weighted by Gasteiger charge is -1.93. The molecule has 4 heteroatoms. The van der Waals surface area contributed by atoms with E-state index in [9.17, 15) is 4.21 Å². The van der Waals surface area contributed by atoms with Crippen LogP contribution >= 0.6 is 0 Å². The minimum Gasteiger partial charge on any atom is -0.306 e. The quantitative estimate of drug-likeness (QED) is 0.670. The Morgan fingerprint density at radius 1 is 1.46 bits per heavy atom. The van der Waals surface area contributed by atoms with Crippen LogP contribution in [0.2, 0.25) is 0 Å². The molecule has 0 radical (unpaired) electrons. The average Bonchev–Trinajstić information content (AvgIpc) is 2.00. The molecule has 1 unspecified atom stereocenters. The van der Waals surface area contributed by atoms with E-state index in [0.29, 0.717) is 18.0 Å². The molecule has 0 heterocycles. The molecule has 0 aliphatic heterocycles. The monoisotopic (exact) mass is 200 g/mol. The molecule has 0 fully saturated rings. The van der Waals surface area contributed by atoms with Crippen LogP contribution in [0, 0.1) is 5.41 Å². The van der Waals surface area contributed by atoms with Crippen LogP contribution in [0.3, 0.4) is 0 Å². The SMILES string of the molecule is CC(=N)/C=C\C(C)=NCCS(C)=O. The second kappa shape index (κ2) is 6.71. The first-order valence-corrected chi connectivity index (χ1v) is 5.79. The van der Waals surface area contributed by atoms with Gasteiger partial charge in [0, 0.05) is 34.2 Å². The van der Waals surface area contributed by atoms with Crippen LogP contribution in [-0.2, 0) is 10.8 Å². The van der Waals surface area contributed by atoms with Gasteiger partial charge in [0.05, 0.1) is 6.54 Å². The van der Waals surface area contributed by atoms with E-state index in [2.05, 4.69) is 4.99 Å². The lowest BCUT2D eigenvalue weighted by molar-refractivity contribution is 0.686. The first-order valence-electron chi connectivity index (χ1n) is 4.06. The summed E-state index contributed by atoms with van der Waals surface area (Å²) in [7, 11) is -0.768. The van der Waals surface area contributed by atoms with Gasteiger partial charge in [0.25, 0.3) is 0 Å². The molecule has 0 aliphatic rings. The molecule has 0 amide bonds. The zero-order valence-corrected chi connectivity index (χ0v) is 9.15. The standard InChI is InChI=1S/C9H16N2OS/c1-8(10)4-5-9(2)11-6-7-13(3)12/h4-5,10H,6-7H2,1-3H3/b5-4-,10-8?,11-9?. The van der Waals surface area contributed by atoms with Gasteiger partial charge in [0.1, 0.15) is 0 Å². The Morgan fingerprint density at radius 3 is 2.54 bits per heavy atom. The lowest BCUT2D eigenvalue weighted by atomic mass is 10.3. The second-order valence-electron chi connectivity index (χ2n) is 2.82. The fourth-order valence-electron chi connectivity index (χ4n) is 0.649. The van der Waals surface area contributed by atoms with Gasteiger partial charge >= 0.3 is 0 Å². The Hall–Kier alpha value is -0.770. The predicted octanol–water partition coefficient (Wildman–Crippen LogP) is 1.42. The summed E-state index contributed by atoms with van der Waals surface area (Å²) in [4.78, 5) is 4.18. The van der Waals surface area contributed by atoms with Gasteiger partial charge in [-0.2, -0.15) is 0 Å². The van der Waals surface area contributed by atoms with E-state index in [1.807, 2.05) is 6.92 Å². The molecule has 1 N–H and O–H groups in total. The van der Waals surface area contributed by atoms with Crippen LogP contribution in [0.25, 0.3) is 0 Å². The van der Waals surface area contributed by atoms with E-state index in [-0.39, 0.29) is 0 Å². The predicted molar refractivity (Wildman–Crippen MR) is 59.5 cm³/mol. The molecule has 0 aliphatic carbocycles. The third-order valence-electron chi connectivity index (χ3n) is 1.31. The number of hydrogen-bond donors (Lipinski definition) is 1. The third-order valence-corrected chi connectivity index (χ3v) is 2.07. The van der Waals surface area contributed by atoms with Gasteiger partial charge in [-0.1, -0.05) is 0 Å². The highest BCUT2D eigenvalue weighted by Gasteiger charge is 1.89. The summed E-state index contributed by atoms with van der Waals surface area (Å²) in [5.41, 5.74) is 1.38. The average molecular weight is 200 g/mol. The van der Waals surface area contributed by atoms with Crippen molar-refractivity contribution < 1.29 is 4.21 Å². The lowest BCUT2D eigenvalue weighted by Crippen LogP contribution is -2.00. The van der Waals surface area contributed by atoms with Crippen molar-refractivity contribution in [2.75, 3.05) is 18.6 Å². The summed E-state index contributed by atoms with van der Waals surface area (Å²) in [5, 5.41) is 7.14. The topological polar surface area (TPSA) is 53.3 Å². The van der Waals surface area contributed by atoms with Crippen LogP contribution in [-0.4, -0.2) is 34.2 Å². The molecule has 0 aromatic heterocycles. The van der Waals surface area contributed by atoms with Crippen molar-refractivity contribution in [3.05, 3.63) is 12.2 Å². The van der Waals surface area contributed by atoms with Crippen molar-refractivity contribution in [2.45, 2.75) is 13.8 Å². The summed E-state index contributed by atoms with van der Waals surface area (Å²) < 4.78 is 10.7. The van der Waals surface area contributed by atoms with Crippen LogP contribution in [0.15, 0.2) is 17.1 Å². The van der Waals surface area contributed by atoms with E-state index in [0.717, 1.165) is 5.71 Å². The molecular weight excluding hydrogens is 184 g/mol. The maximum absolute atomic E-state index is 10.7. The zero-order chi connectivity index (χ0) is 10.3. The number of aliphatic imine (C=N–C) groups is 1. The van der Waals surface area contributed by atoms with Crippen molar-refractivity contribution in [3.63, 3.8) is 0 Å². The molecule has 3 nitrogen and oxygen atoms in total. The van der Waals surface area contributed by atoms with Crippen LogP contribution in [0.5, 0.6) is 0 Å². The van der Waals surface area contributed by atoms with Gasteiger partial charge < -0.3 is 5.41 Å². The Morgan fingerprint density at radius 2 is 2.08 bits per heavy atom. The first-order chi connectivity index (χ1) is 6.02. The summed E-state index contributed by atoms with van der Waals surface area (Å²) in [5.74, 6) is 0.606. The Bertz CT molecular complexity index is 256. The number of nitrogens with zero attached hydrogens (tertiary/aromatic N) is 1. The van der Waals surface area contributed by atoms with Gasteiger partial charge in [-0.3, -0.25) is 9.20 Å². The van der Waals surface area contributed by atoms with Crippen LogP contribution in [0.1, 0.15) is 13.8 Å². The fraction of sp³-hybridized carbons (Fsp3) is 0.556. The molecule has 13 heavy (non-hydrogen) atoms. The minimum absolute atomic E-state index is 0.508. The van der Waals surface area contributed by atoms with E-state index < -0.39 is 10.8 Å². The van der Waals surface area contributed by atoms with Crippen molar-refractivity contribution in [1.29, 1.82) is 5.41 Å². The van der Waals surface area contributed by atoms with Gasteiger partial charge in [0.15, 0.2) is 0 Å². The second-order valence-corrected chi connectivity index (χ2v) is 4.37. The van der Waals surface area contributed by atoms with Gasteiger partial charge in [-0.25, -0.2) is 0 Å². The molecule has 1 atom stereocenters. The summed E-state index contributed by atoms with van der Waals surface area (Å²) in [6.07, 6.45) is 5.16. The van der Waals surface area contributed by atoms with Crippen molar-refractivity contribution in [2.24, 2.45) is 4.99 Å². The fourth-order valence-corrected chi connectivity index (χ4v) is 0.997. The Labute approximate surface area is 81.9 Å². The van der Waals surface area contributed by atoms with Crippen LogP contribution in [0.4, 0.5) is 0 Å². The zero-order valence-electron chi connectivity index (χ0n) is 8.33. The number of rotatable bonds is 5. The van der Waals surface area contributed by atoms with Crippen molar-refractivity contribution in [3.8, 4) is 0 Å². The maximum atomic E-state index is 10.7. The molecule has 0 rings (SSSR count). The molecule has 0 aromatic rings. The third kappa shape index (κ3) is 9.14.